The van der Waals surface area contributed by atoms with E-state index in [4.69, 9.17) is 0 Å². The zero-order valence-corrected chi connectivity index (χ0v) is 8.25. The molecule has 0 spiro atoms. The Balaban J connectivity index is 2.15. The molecule has 1 rings (SSSR count). The molecule has 0 aromatic carbocycles. The van der Waals surface area contributed by atoms with Crippen LogP contribution in [0.2, 0.25) is 0 Å². The summed E-state index contributed by atoms with van der Waals surface area (Å²) in [6.07, 6.45) is 4.09. The number of piperidine rings is 1. The summed E-state index contributed by atoms with van der Waals surface area (Å²) < 4.78 is 0. The van der Waals surface area contributed by atoms with Crippen LogP contribution in [0.4, 0.5) is 0 Å². The van der Waals surface area contributed by atoms with Crippen LogP contribution in [-0.4, -0.2) is 37.0 Å². The molecule has 0 saturated carbocycles. The maximum absolute atomic E-state index is 11.2. The molecule has 1 saturated heterocycles. The van der Waals surface area contributed by atoms with Crippen LogP contribution in [0.5, 0.6) is 0 Å². The second kappa shape index (κ2) is 5.43. The third-order valence-corrected chi connectivity index (χ3v) is 2.53. The van der Waals surface area contributed by atoms with Crippen molar-refractivity contribution in [3.05, 3.63) is 0 Å². The Bertz CT molecular complexity index is 146. The fraction of sp³-hybridized carbons (Fsp3) is 0.875. The van der Waals surface area contributed by atoms with Crippen LogP contribution in [0.1, 0.15) is 12.8 Å². The molecule has 0 aromatic rings. The van der Waals surface area contributed by atoms with Crippen molar-refractivity contribution in [2.45, 2.75) is 18.9 Å². The van der Waals surface area contributed by atoms with E-state index in [9.17, 15) is 4.79 Å². The van der Waals surface area contributed by atoms with Gasteiger partial charge >= 0.3 is 0 Å². The normalized spacial score (nSPS) is 19.1. The Morgan fingerprint density at radius 1 is 1.58 bits per heavy atom. The molecule has 1 aliphatic heterocycles. The molecule has 0 unspecified atom stereocenters. The summed E-state index contributed by atoms with van der Waals surface area (Å²) in [5.74, 6) is 0.763. The highest BCUT2D eigenvalue weighted by atomic mass is 32.2. The van der Waals surface area contributed by atoms with Crippen LogP contribution in [0.25, 0.3) is 0 Å². The molecule has 0 aliphatic carbocycles. The van der Waals surface area contributed by atoms with Gasteiger partial charge in [0.2, 0.25) is 5.91 Å². The van der Waals surface area contributed by atoms with Gasteiger partial charge in [0.1, 0.15) is 0 Å². The second-order valence-electron chi connectivity index (χ2n) is 3.02. The fourth-order valence-electron chi connectivity index (χ4n) is 1.37. The number of carbonyl (C=O) groups excluding carboxylic acids is 1. The number of carbonyl (C=O) groups is 1. The van der Waals surface area contributed by atoms with E-state index in [1.807, 2.05) is 6.26 Å². The van der Waals surface area contributed by atoms with E-state index in [1.165, 1.54) is 0 Å². The smallest absolute Gasteiger partial charge is 0.230 e. The van der Waals surface area contributed by atoms with Gasteiger partial charge in [0.05, 0.1) is 5.75 Å². The highest BCUT2D eigenvalue weighted by Crippen LogP contribution is 2.02. The summed E-state index contributed by atoms with van der Waals surface area (Å²) in [7, 11) is 0. The van der Waals surface area contributed by atoms with Gasteiger partial charge in [-0.15, -0.1) is 0 Å². The van der Waals surface area contributed by atoms with E-state index >= 15 is 0 Å². The largest absolute Gasteiger partial charge is 0.353 e. The van der Waals surface area contributed by atoms with Gasteiger partial charge in [-0.05, 0) is 32.2 Å². The topological polar surface area (TPSA) is 41.1 Å². The first-order chi connectivity index (χ1) is 5.83. The molecule has 0 atom stereocenters. The minimum absolute atomic E-state index is 0.175. The molecule has 1 aliphatic rings. The minimum Gasteiger partial charge on any atom is -0.353 e. The summed E-state index contributed by atoms with van der Waals surface area (Å²) in [4.78, 5) is 11.2. The molecule has 1 heterocycles. The first-order valence-electron chi connectivity index (χ1n) is 4.32. The molecule has 70 valence electrons. The molecular weight excluding hydrogens is 172 g/mol. The zero-order valence-electron chi connectivity index (χ0n) is 7.43. The van der Waals surface area contributed by atoms with E-state index in [-0.39, 0.29) is 5.91 Å². The average Bonchev–Trinajstić information content (AvgIpc) is 2.06. The molecule has 4 heteroatoms. The Labute approximate surface area is 77.7 Å². The third kappa shape index (κ3) is 3.45. The standard InChI is InChI=1S/C8H16N2OS/c1-12-6-8(11)10-7-2-4-9-5-3-7/h7,9H,2-6H2,1H3,(H,10,11). The van der Waals surface area contributed by atoms with Crippen LogP contribution < -0.4 is 10.6 Å². The van der Waals surface area contributed by atoms with Gasteiger partial charge in [-0.1, -0.05) is 0 Å². The number of hydrogen-bond acceptors (Lipinski definition) is 3. The lowest BCUT2D eigenvalue weighted by atomic mass is 10.1. The molecule has 12 heavy (non-hydrogen) atoms. The van der Waals surface area contributed by atoms with Gasteiger partial charge in [0.25, 0.3) is 0 Å². The second-order valence-corrected chi connectivity index (χ2v) is 3.89. The van der Waals surface area contributed by atoms with Crippen LogP contribution in [0, 0.1) is 0 Å². The van der Waals surface area contributed by atoms with Crippen LogP contribution in [-0.2, 0) is 4.79 Å². The van der Waals surface area contributed by atoms with Gasteiger partial charge in [0.15, 0.2) is 0 Å². The highest BCUT2D eigenvalue weighted by molar-refractivity contribution is 7.99. The van der Waals surface area contributed by atoms with Gasteiger partial charge in [-0.3, -0.25) is 4.79 Å². The molecule has 0 aromatic heterocycles. The first-order valence-corrected chi connectivity index (χ1v) is 5.71. The van der Waals surface area contributed by atoms with Crippen molar-refractivity contribution in [1.29, 1.82) is 0 Å². The summed E-state index contributed by atoms with van der Waals surface area (Å²) >= 11 is 1.57. The van der Waals surface area contributed by atoms with E-state index in [1.54, 1.807) is 11.8 Å². The molecular formula is C8H16N2OS. The number of nitrogens with one attached hydrogen (secondary N) is 2. The van der Waals surface area contributed by atoms with E-state index in [2.05, 4.69) is 10.6 Å². The molecule has 2 N–H and O–H groups in total. The van der Waals surface area contributed by atoms with Crippen LogP contribution in [0.3, 0.4) is 0 Å². The van der Waals surface area contributed by atoms with E-state index < -0.39 is 0 Å². The maximum atomic E-state index is 11.2. The predicted octanol–water partition coefficient (Wildman–Crippen LogP) is 0.218. The molecule has 1 amide bonds. The number of amides is 1. The van der Waals surface area contributed by atoms with Crippen LogP contribution >= 0.6 is 11.8 Å². The average molecular weight is 188 g/mol. The maximum Gasteiger partial charge on any atom is 0.230 e. The van der Waals surface area contributed by atoms with Crippen LogP contribution in [0.15, 0.2) is 0 Å². The third-order valence-electron chi connectivity index (χ3n) is 1.98. The van der Waals surface area contributed by atoms with Gasteiger partial charge in [-0.2, -0.15) is 11.8 Å². The first kappa shape index (κ1) is 9.86. The lowest BCUT2D eigenvalue weighted by Crippen LogP contribution is -2.43. The Morgan fingerprint density at radius 3 is 2.83 bits per heavy atom. The monoisotopic (exact) mass is 188 g/mol. The quantitative estimate of drug-likeness (QED) is 0.665. The lowest BCUT2D eigenvalue weighted by molar-refractivity contribution is -0.119. The number of hydrogen-bond donors (Lipinski definition) is 2. The highest BCUT2D eigenvalue weighted by Gasteiger charge is 2.14. The predicted molar refractivity (Wildman–Crippen MR) is 52.4 cm³/mol. The van der Waals surface area contributed by atoms with Gasteiger partial charge < -0.3 is 10.6 Å². The van der Waals surface area contributed by atoms with E-state index in [0.29, 0.717) is 11.8 Å². The van der Waals surface area contributed by atoms with E-state index in [0.717, 1.165) is 25.9 Å². The SMILES string of the molecule is CSCC(=O)NC1CCNCC1. The number of thioether (sulfide) groups is 1. The summed E-state index contributed by atoms with van der Waals surface area (Å²) in [6.45, 7) is 2.06. The lowest BCUT2D eigenvalue weighted by Gasteiger charge is -2.23. The summed E-state index contributed by atoms with van der Waals surface area (Å²) in [5.41, 5.74) is 0. The zero-order chi connectivity index (χ0) is 8.81. The fourth-order valence-corrected chi connectivity index (χ4v) is 1.71. The Hall–Kier alpha value is -0.220. The Morgan fingerprint density at radius 2 is 2.25 bits per heavy atom. The number of rotatable bonds is 3. The Kier molecular flexibility index (Phi) is 4.46. The molecule has 0 radical (unpaired) electrons. The van der Waals surface area contributed by atoms with Crippen molar-refractivity contribution in [2.75, 3.05) is 25.1 Å². The van der Waals surface area contributed by atoms with Gasteiger partial charge in [0, 0.05) is 6.04 Å². The molecule has 1 fully saturated rings. The van der Waals surface area contributed by atoms with Crippen molar-refractivity contribution < 1.29 is 4.79 Å². The summed E-state index contributed by atoms with van der Waals surface area (Å²) in [6, 6.07) is 0.408. The van der Waals surface area contributed by atoms with Crippen molar-refractivity contribution in [1.82, 2.24) is 10.6 Å². The molecule has 3 nitrogen and oxygen atoms in total. The minimum atomic E-state index is 0.175. The summed E-state index contributed by atoms with van der Waals surface area (Å²) in [5, 5.41) is 6.28. The van der Waals surface area contributed by atoms with Crippen molar-refractivity contribution in [2.24, 2.45) is 0 Å². The van der Waals surface area contributed by atoms with Crippen molar-refractivity contribution in [3.8, 4) is 0 Å². The van der Waals surface area contributed by atoms with Crippen molar-refractivity contribution >= 4 is 17.7 Å². The molecule has 0 bridgehead atoms. The van der Waals surface area contributed by atoms with Gasteiger partial charge in [-0.25, -0.2) is 0 Å². The van der Waals surface area contributed by atoms with Crippen molar-refractivity contribution in [3.63, 3.8) is 0 Å².